The summed E-state index contributed by atoms with van der Waals surface area (Å²) in [6, 6.07) is 16.4. The van der Waals surface area contributed by atoms with Crippen molar-refractivity contribution in [2.45, 2.75) is 64.5 Å². The molecular weight excluding hydrogens is 566 g/mol. The Labute approximate surface area is 266 Å². The molecule has 2 fully saturated rings. The van der Waals surface area contributed by atoms with Crippen LogP contribution in [-0.4, -0.2) is 83.4 Å². The molecule has 9 heteroatoms. The van der Waals surface area contributed by atoms with Crippen LogP contribution >= 0.6 is 0 Å². The average Bonchev–Trinajstić information content (AvgIpc) is 3.66. The highest BCUT2D eigenvalue weighted by molar-refractivity contribution is 5.79. The highest BCUT2D eigenvalue weighted by Crippen LogP contribution is 2.42. The lowest BCUT2D eigenvalue weighted by Crippen LogP contribution is -2.58. The Bertz CT molecular complexity index is 1580. The zero-order valence-corrected chi connectivity index (χ0v) is 27.0. The summed E-state index contributed by atoms with van der Waals surface area (Å²) in [5.74, 6) is 3.41. The highest BCUT2D eigenvalue weighted by atomic mass is 16.6. The number of rotatable bonds is 9. The fraction of sp³-hybridized carbons (Fsp3) is 0.500. The first-order valence-corrected chi connectivity index (χ1v) is 16.1. The van der Waals surface area contributed by atoms with Crippen LogP contribution in [0.2, 0.25) is 0 Å². The summed E-state index contributed by atoms with van der Waals surface area (Å²) < 4.78 is 12.6. The van der Waals surface area contributed by atoms with Crippen LogP contribution in [0.1, 0.15) is 62.8 Å². The number of hydrogen-bond donors (Lipinski definition) is 1. The van der Waals surface area contributed by atoms with Crippen LogP contribution in [0, 0.1) is 5.41 Å². The normalized spacial score (nSPS) is 18.4. The molecule has 3 aliphatic heterocycles. The Morgan fingerprint density at radius 1 is 1.11 bits per heavy atom. The van der Waals surface area contributed by atoms with Gasteiger partial charge in [-0.15, -0.1) is 0 Å². The molecule has 5 heterocycles. The molecule has 45 heavy (non-hydrogen) atoms. The van der Waals surface area contributed by atoms with Crippen LogP contribution in [-0.2, 0) is 27.2 Å². The van der Waals surface area contributed by atoms with Crippen LogP contribution in [0.3, 0.4) is 0 Å². The van der Waals surface area contributed by atoms with Crippen molar-refractivity contribution in [3.8, 4) is 11.3 Å². The summed E-state index contributed by atoms with van der Waals surface area (Å²) in [6.07, 6.45) is 5.25. The summed E-state index contributed by atoms with van der Waals surface area (Å²) in [7, 11) is 1.53. The highest BCUT2D eigenvalue weighted by Gasteiger charge is 2.47. The Balaban J connectivity index is 1.12. The van der Waals surface area contributed by atoms with Gasteiger partial charge >= 0.3 is 6.09 Å². The molecule has 0 unspecified atom stereocenters. The van der Waals surface area contributed by atoms with E-state index < -0.39 is 11.7 Å². The summed E-state index contributed by atoms with van der Waals surface area (Å²) in [5, 5.41) is 3.46. The van der Waals surface area contributed by atoms with Crippen molar-refractivity contribution in [3.63, 3.8) is 0 Å². The fourth-order valence-corrected chi connectivity index (χ4v) is 7.17. The van der Waals surface area contributed by atoms with Gasteiger partial charge in [-0.3, -0.25) is 9.47 Å². The zero-order chi connectivity index (χ0) is 31.6. The van der Waals surface area contributed by atoms with Gasteiger partial charge in [0, 0.05) is 63.2 Å². The van der Waals surface area contributed by atoms with Gasteiger partial charge in [0.15, 0.2) is 11.7 Å². The third-order valence-electron chi connectivity index (χ3n) is 9.24. The Morgan fingerprint density at radius 2 is 1.93 bits per heavy atom. The number of hydrogen-bond acceptors (Lipinski definition) is 8. The SMILES string of the molecule is COC(=C=O)C[C@H](CN1CC2(CCN(Cc3ccc4c(n3)NCCC4)C2)C1)c1cccc(-c2cccn2C(=O)OC(C)(C)C)c1. The number of carbonyl (C=O) groups excluding carboxylic acids is 2. The minimum Gasteiger partial charge on any atom is -0.490 e. The molecule has 1 spiro atoms. The lowest BCUT2D eigenvalue weighted by Gasteiger charge is -2.49. The summed E-state index contributed by atoms with van der Waals surface area (Å²) in [4.78, 5) is 34.5. The number of methoxy groups -OCH3 is 1. The first-order valence-electron chi connectivity index (χ1n) is 16.1. The quantitative estimate of drug-likeness (QED) is 0.242. The Kier molecular flexibility index (Phi) is 8.87. The molecule has 238 valence electrons. The molecule has 2 aromatic heterocycles. The number of carbonyl (C=O) groups is 1. The van der Waals surface area contributed by atoms with Gasteiger partial charge in [-0.05, 0) is 87.5 Å². The van der Waals surface area contributed by atoms with Gasteiger partial charge in [0.25, 0.3) is 0 Å². The first kappa shape index (κ1) is 31.1. The second-order valence-electron chi connectivity index (χ2n) is 14.0. The third-order valence-corrected chi connectivity index (χ3v) is 9.24. The molecule has 3 aromatic rings. The molecule has 0 bridgehead atoms. The number of likely N-dealkylation sites (tertiary alicyclic amines) is 2. The molecule has 9 nitrogen and oxygen atoms in total. The van der Waals surface area contributed by atoms with E-state index in [1.807, 2.05) is 51.0 Å². The monoisotopic (exact) mass is 611 g/mol. The van der Waals surface area contributed by atoms with Crippen molar-refractivity contribution in [2.24, 2.45) is 5.41 Å². The predicted octanol–water partition coefficient (Wildman–Crippen LogP) is 5.73. The number of pyridine rings is 1. The molecular formula is C36H45N5O4. The van der Waals surface area contributed by atoms with Crippen molar-refractivity contribution in [3.05, 3.63) is 77.3 Å². The van der Waals surface area contributed by atoms with Gasteiger partial charge in [-0.25, -0.2) is 14.6 Å². The minimum absolute atomic E-state index is 0.0355. The van der Waals surface area contributed by atoms with E-state index in [1.165, 1.54) is 25.5 Å². The number of aryl methyl sites for hydroxylation is 1. The van der Waals surface area contributed by atoms with Gasteiger partial charge in [0.05, 0.1) is 18.5 Å². The van der Waals surface area contributed by atoms with Crippen LogP contribution < -0.4 is 5.32 Å². The van der Waals surface area contributed by atoms with Crippen LogP contribution in [0.25, 0.3) is 11.3 Å². The fourth-order valence-electron chi connectivity index (χ4n) is 7.17. The maximum Gasteiger partial charge on any atom is 0.418 e. The van der Waals surface area contributed by atoms with Gasteiger partial charge < -0.3 is 19.7 Å². The Hall–Kier alpha value is -3.91. The summed E-state index contributed by atoms with van der Waals surface area (Å²) in [5.41, 5.74) is 4.95. The zero-order valence-electron chi connectivity index (χ0n) is 27.0. The van der Waals surface area contributed by atoms with Crippen molar-refractivity contribution >= 4 is 17.9 Å². The molecule has 0 aliphatic carbocycles. The lowest BCUT2D eigenvalue weighted by atomic mass is 9.78. The van der Waals surface area contributed by atoms with E-state index >= 15 is 0 Å². The van der Waals surface area contributed by atoms with E-state index in [4.69, 9.17) is 14.5 Å². The number of anilines is 1. The molecule has 1 N–H and O–H groups in total. The topological polar surface area (TPSA) is 88.9 Å². The number of benzene rings is 1. The maximum absolute atomic E-state index is 12.9. The molecule has 0 saturated carbocycles. The molecule has 0 radical (unpaired) electrons. The first-order chi connectivity index (χ1) is 21.6. The molecule has 6 rings (SSSR count). The lowest BCUT2D eigenvalue weighted by molar-refractivity contribution is 0.00281. The summed E-state index contributed by atoms with van der Waals surface area (Å²) in [6.45, 7) is 12.5. The average molecular weight is 612 g/mol. The van der Waals surface area contributed by atoms with Gasteiger partial charge in [-0.2, -0.15) is 0 Å². The van der Waals surface area contributed by atoms with Crippen molar-refractivity contribution in [1.29, 1.82) is 0 Å². The largest absolute Gasteiger partial charge is 0.490 e. The molecule has 1 atom stereocenters. The standard InChI is InChI=1S/C36H45N5O4/c1-35(2,3)45-34(43)41-16-7-11-32(41)28-9-5-8-27(18-28)29(19-31(22-42)44-4)20-40-24-36(25-40)14-17-39(23-36)21-30-13-12-26-10-6-15-37-33(26)38-30/h5,7-9,11-13,16,18,29H,6,10,14-15,17,19-21,23-25H2,1-4H3,(H,37,38)/t29-/m1/s1. The van der Waals surface area contributed by atoms with E-state index in [0.29, 0.717) is 17.6 Å². The number of fused-ring (bicyclic) bond motifs is 1. The van der Waals surface area contributed by atoms with E-state index in [1.54, 1.807) is 10.8 Å². The van der Waals surface area contributed by atoms with Crippen LogP contribution in [0.4, 0.5) is 10.6 Å². The number of nitrogens with one attached hydrogen (secondary N) is 1. The van der Waals surface area contributed by atoms with Crippen molar-refractivity contribution < 1.29 is 19.1 Å². The second kappa shape index (κ2) is 12.8. The number of aromatic nitrogens is 2. The minimum atomic E-state index is -0.594. The van der Waals surface area contributed by atoms with Gasteiger partial charge in [0.2, 0.25) is 0 Å². The van der Waals surface area contributed by atoms with E-state index in [-0.39, 0.29) is 5.92 Å². The van der Waals surface area contributed by atoms with Crippen molar-refractivity contribution in [1.82, 2.24) is 19.4 Å². The van der Waals surface area contributed by atoms with Crippen LogP contribution in [0.15, 0.2) is 60.5 Å². The van der Waals surface area contributed by atoms with E-state index in [0.717, 1.165) is 80.6 Å². The maximum atomic E-state index is 12.9. The second-order valence-corrected chi connectivity index (χ2v) is 14.0. The molecule has 0 amide bonds. The van der Waals surface area contributed by atoms with E-state index in [9.17, 15) is 9.59 Å². The van der Waals surface area contributed by atoms with Gasteiger partial charge in [0.1, 0.15) is 11.4 Å². The van der Waals surface area contributed by atoms with E-state index in [2.05, 4.69) is 39.4 Å². The van der Waals surface area contributed by atoms with Crippen LogP contribution in [0.5, 0.6) is 0 Å². The molecule has 1 aromatic carbocycles. The number of ether oxygens (including phenoxy) is 2. The number of nitrogens with zero attached hydrogens (tertiary/aromatic N) is 4. The third kappa shape index (κ3) is 7.17. The van der Waals surface area contributed by atoms with Crippen molar-refractivity contribution in [2.75, 3.05) is 51.7 Å². The van der Waals surface area contributed by atoms with Gasteiger partial charge in [-0.1, -0.05) is 24.3 Å². The predicted molar refractivity (Wildman–Crippen MR) is 175 cm³/mol. The Morgan fingerprint density at radius 3 is 2.71 bits per heavy atom. The summed E-state index contributed by atoms with van der Waals surface area (Å²) >= 11 is 0. The molecule has 2 saturated heterocycles. The smallest absolute Gasteiger partial charge is 0.418 e. The number of allylic oxidation sites excluding steroid dienone is 1. The molecule has 3 aliphatic rings.